The Morgan fingerprint density at radius 1 is 1.26 bits per heavy atom. The van der Waals surface area contributed by atoms with Crippen LogP contribution in [0.3, 0.4) is 0 Å². The minimum absolute atomic E-state index is 0. The first-order valence-corrected chi connectivity index (χ1v) is 8.89. The van der Waals surface area contributed by atoms with Crippen LogP contribution in [0.4, 0.5) is 10.5 Å². The summed E-state index contributed by atoms with van der Waals surface area (Å²) in [7, 11) is 0. The third-order valence-electron chi connectivity index (χ3n) is 4.63. The third kappa shape index (κ3) is 5.10. The quantitative estimate of drug-likeness (QED) is 0.509. The fraction of sp³-hybridized carbons (Fsp3) is 0.471. The second-order valence-corrected chi connectivity index (χ2v) is 6.92. The van der Waals surface area contributed by atoms with Gasteiger partial charge in [0.2, 0.25) is 5.91 Å². The Bertz CT molecular complexity index is 701. The molecule has 1 aromatic rings. The van der Waals surface area contributed by atoms with Crippen LogP contribution >= 0.6 is 24.0 Å². The number of imide groups is 1. The number of anilines is 1. The van der Waals surface area contributed by atoms with E-state index in [1.165, 1.54) is 0 Å². The van der Waals surface area contributed by atoms with E-state index in [-0.39, 0.29) is 43.0 Å². The fourth-order valence-electron chi connectivity index (χ4n) is 3.10. The van der Waals surface area contributed by atoms with Crippen molar-refractivity contribution in [2.75, 3.05) is 24.5 Å². The first kappa shape index (κ1) is 21.4. The smallest absolute Gasteiger partial charge is 0.329 e. The van der Waals surface area contributed by atoms with Crippen LogP contribution in [0.5, 0.6) is 0 Å². The number of hydrogen-bond donors (Lipinski definition) is 4. The number of amides is 4. The topological polar surface area (TPSA) is 111 Å². The molecule has 0 aromatic heterocycles. The van der Waals surface area contributed by atoms with Gasteiger partial charge in [-0.2, -0.15) is 0 Å². The Labute approximate surface area is 168 Å². The van der Waals surface area contributed by atoms with Crippen molar-refractivity contribution in [2.45, 2.75) is 25.0 Å². The van der Waals surface area contributed by atoms with Gasteiger partial charge in [0.25, 0.3) is 5.91 Å². The molecule has 8 nitrogen and oxygen atoms in total. The lowest BCUT2D eigenvalue weighted by Crippen LogP contribution is -2.36. The molecule has 2 fully saturated rings. The van der Waals surface area contributed by atoms with E-state index in [0.29, 0.717) is 30.3 Å². The molecule has 4 amide bonds. The molecule has 2 heterocycles. The Kier molecular flexibility index (Phi) is 7.43. The molecule has 4 N–H and O–H groups in total. The summed E-state index contributed by atoms with van der Waals surface area (Å²) in [5.41, 5.74) is 0.437. The fourth-order valence-corrected chi connectivity index (χ4v) is 3.22. The zero-order chi connectivity index (χ0) is 18.7. The summed E-state index contributed by atoms with van der Waals surface area (Å²) in [6.07, 6.45) is -0.133. The van der Waals surface area contributed by atoms with Crippen molar-refractivity contribution < 1.29 is 19.5 Å². The van der Waals surface area contributed by atoms with Crippen LogP contribution in [0, 0.1) is 5.92 Å². The van der Waals surface area contributed by atoms with Crippen LogP contribution in [0.1, 0.15) is 12.8 Å². The molecule has 0 spiro atoms. The number of nitrogens with one attached hydrogen (secondary N) is 3. The third-order valence-corrected chi connectivity index (χ3v) is 4.88. The van der Waals surface area contributed by atoms with E-state index in [9.17, 15) is 19.5 Å². The summed E-state index contributed by atoms with van der Waals surface area (Å²) in [4.78, 5) is 37.6. The molecule has 0 radical (unpaired) electrons. The second kappa shape index (κ2) is 9.36. The highest BCUT2D eigenvalue weighted by molar-refractivity contribution is 6.30. The zero-order valence-electron chi connectivity index (χ0n) is 14.5. The van der Waals surface area contributed by atoms with Crippen molar-refractivity contribution in [1.29, 1.82) is 0 Å². The van der Waals surface area contributed by atoms with Crippen molar-refractivity contribution in [1.82, 2.24) is 16.0 Å². The summed E-state index contributed by atoms with van der Waals surface area (Å²) in [5.74, 6) is -0.608. The Morgan fingerprint density at radius 2 is 1.96 bits per heavy atom. The van der Waals surface area contributed by atoms with Gasteiger partial charge in [-0.15, -0.1) is 12.4 Å². The highest BCUT2D eigenvalue weighted by atomic mass is 35.5. The van der Waals surface area contributed by atoms with E-state index in [1.807, 2.05) is 0 Å². The van der Waals surface area contributed by atoms with E-state index in [2.05, 4.69) is 16.0 Å². The van der Waals surface area contributed by atoms with Crippen LogP contribution in [-0.4, -0.2) is 54.7 Å². The number of aliphatic hydroxyl groups is 1. The molecule has 1 aromatic carbocycles. The molecule has 3 atom stereocenters. The lowest BCUT2D eigenvalue weighted by Gasteiger charge is -2.15. The molecule has 10 heteroatoms. The normalized spacial score (nSPS) is 24.5. The largest absolute Gasteiger partial charge is 0.391 e. The predicted molar refractivity (Wildman–Crippen MR) is 103 cm³/mol. The number of rotatable bonds is 6. The lowest BCUT2D eigenvalue weighted by molar-refractivity contribution is -0.122. The van der Waals surface area contributed by atoms with Crippen molar-refractivity contribution in [2.24, 2.45) is 5.92 Å². The molecule has 2 aliphatic heterocycles. The summed E-state index contributed by atoms with van der Waals surface area (Å²) in [5, 5.41) is 18.6. The molecule has 148 valence electrons. The van der Waals surface area contributed by atoms with Crippen LogP contribution < -0.4 is 20.9 Å². The minimum Gasteiger partial charge on any atom is -0.391 e. The average Bonchev–Trinajstić information content (AvgIpc) is 3.15. The number of halogens is 2. The van der Waals surface area contributed by atoms with Gasteiger partial charge in [0.05, 0.1) is 11.8 Å². The summed E-state index contributed by atoms with van der Waals surface area (Å²) in [6.45, 7) is 1.58. The van der Waals surface area contributed by atoms with Gasteiger partial charge in [0, 0.05) is 37.0 Å². The molecule has 3 unspecified atom stereocenters. The van der Waals surface area contributed by atoms with E-state index < -0.39 is 18.2 Å². The number of urea groups is 1. The number of carbonyl (C=O) groups excluding carboxylic acids is 3. The standard InChI is InChI=1S/C17H21ClN4O4.ClH/c18-11-1-3-12(4-2-11)22-16(25)13(21-17(22)26)5-6-15(24)20-8-10-7-19-9-14(10)23;/h1-4,10,13-14,19,23H,5-9H2,(H,20,24)(H,21,26);1H. The molecule has 3 rings (SSSR count). The second-order valence-electron chi connectivity index (χ2n) is 6.48. The monoisotopic (exact) mass is 416 g/mol. The molecule has 0 saturated carbocycles. The highest BCUT2D eigenvalue weighted by Crippen LogP contribution is 2.23. The van der Waals surface area contributed by atoms with Crippen LogP contribution in [0.25, 0.3) is 0 Å². The van der Waals surface area contributed by atoms with Gasteiger partial charge in [0.15, 0.2) is 0 Å². The Morgan fingerprint density at radius 3 is 2.59 bits per heavy atom. The van der Waals surface area contributed by atoms with Gasteiger partial charge in [-0.05, 0) is 30.7 Å². The maximum absolute atomic E-state index is 12.5. The van der Waals surface area contributed by atoms with Gasteiger partial charge in [-0.3, -0.25) is 9.59 Å². The van der Waals surface area contributed by atoms with Crippen molar-refractivity contribution in [3.8, 4) is 0 Å². The van der Waals surface area contributed by atoms with Gasteiger partial charge in [-0.25, -0.2) is 9.69 Å². The van der Waals surface area contributed by atoms with E-state index in [1.54, 1.807) is 24.3 Å². The van der Waals surface area contributed by atoms with Gasteiger partial charge in [-0.1, -0.05) is 11.6 Å². The maximum Gasteiger partial charge on any atom is 0.329 e. The lowest BCUT2D eigenvalue weighted by atomic mass is 10.1. The number of benzene rings is 1. The Hall–Kier alpha value is -1.87. The number of nitrogens with zero attached hydrogens (tertiary/aromatic N) is 1. The molecule has 2 saturated heterocycles. The molecular formula is C17H22Cl2N4O4. The highest BCUT2D eigenvalue weighted by Gasteiger charge is 2.39. The van der Waals surface area contributed by atoms with Gasteiger partial charge < -0.3 is 21.1 Å². The van der Waals surface area contributed by atoms with Crippen LogP contribution in [0.2, 0.25) is 5.02 Å². The van der Waals surface area contributed by atoms with Gasteiger partial charge >= 0.3 is 6.03 Å². The van der Waals surface area contributed by atoms with Crippen molar-refractivity contribution >= 4 is 47.5 Å². The molecule has 27 heavy (non-hydrogen) atoms. The van der Waals surface area contributed by atoms with Crippen LogP contribution in [0.15, 0.2) is 24.3 Å². The van der Waals surface area contributed by atoms with Crippen LogP contribution in [-0.2, 0) is 9.59 Å². The zero-order valence-corrected chi connectivity index (χ0v) is 16.1. The summed E-state index contributed by atoms with van der Waals surface area (Å²) >= 11 is 5.82. The van der Waals surface area contributed by atoms with Crippen molar-refractivity contribution in [3.05, 3.63) is 29.3 Å². The minimum atomic E-state index is -0.734. The summed E-state index contributed by atoms with van der Waals surface area (Å²) in [6, 6.07) is 5.14. The van der Waals surface area contributed by atoms with Gasteiger partial charge in [0.1, 0.15) is 6.04 Å². The number of β-amino-alcohol motifs (C(OH)–C–C–N with tert-alkyl or cyclic N) is 1. The SMILES string of the molecule is Cl.O=C(CCC1NC(=O)N(c2ccc(Cl)cc2)C1=O)NCC1CNCC1O. The first-order valence-electron chi connectivity index (χ1n) is 8.51. The predicted octanol–water partition coefficient (Wildman–Crippen LogP) is 0.663. The van der Waals surface area contributed by atoms with E-state index in [0.717, 1.165) is 4.90 Å². The van der Waals surface area contributed by atoms with E-state index in [4.69, 9.17) is 11.6 Å². The molecule has 0 aliphatic carbocycles. The van der Waals surface area contributed by atoms with E-state index >= 15 is 0 Å². The average molecular weight is 417 g/mol. The number of aliphatic hydroxyl groups excluding tert-OH is 1. The molecular weight excluding hydrogens is 395 g/mol. The molecule has 0 bridgehead atoms. The maximum atomic E-state index is 12.5. The Balaban J connectivity index is 0.00000261. The number of carbonyl (C=O) groups is 3. The first-order chi connectivity index (χ1) is 12.5. The van der Waals surface area contributed by atoms with Crippen molar-refractivity contribution in [3.63, 3.8) is 0 Å². The summed E-state index contributed by atoms with van der Waals surface area (Å²) < 4.78 is 0. The number of hydrogen-bond acceptors (Lipinski definition) is 5. The molecule has 2 aliphatic rings.